The smallest absolute Gasteiger partial charge is 0.254 e. The number of hydrogen-bond acceptors (Lipinski definition) is 5. The number of carbonyl (C=O) groups excluding carboxylic acids is 2. The number of benzene rings is 1. The summed E-state index contributed by atoms with van der Waals surface area (Å²) in [6.45, 7) is 8.18. The van der Waals surface area contributed by atoms with Crippen LogP contribution in [0, 0.1) is 25.7 Å². The van der Waals surface area contributed by atoms with E-state index in [0.29, 0.717) is 37.4 Å². The fourth-order valence-electron chi connectivity index (χ4n) is 4.73. The fraction of sp³-hybridized carbons (Fsp3) is 0.520. The minimum atomic E-state index is -3.68. The molecule has 2 aromatic rings. The number of aryl methyl sites for hydroxylation is 2. The zero-order chi connectivity index (χ0) is 24.5. The first-order chi connectivity index (χ1) is 16.1. The molecule has 0 saturated carbocycles. The van der Waals surface area contributed by atoms with Gasteiger partial charge in [0.15, 0.2) is 0 Å². The monoisotopic (exact) mass is 503 g/mol. The maximum Gasteiger partial charge on any atom is 0.254 e. The summed E-state index contributed by atoms with van der Waals surface area (Å²) in [5, 5.41) is 4.63. The Kier molecular flexibility index (Phi) is 7.45. The maximum atomic E-state index is 13.2. The van der Waals surface area contributed by atoms with Crippen molar-refractivity contribution in [2.75, 3.05) is 31.5 Å². The molecule has 2 saturated heterocycles. The van der Waals surface area contributed by atoms with E-state index in [9.17, 15) is 18.0 Å². The van der Waals surface area contributed by atoms with Crippen LogP contribution >= 0.6 is 11.3 Å². The van der Waals surface area contributed by atoms with Crippen molar-refractivity contribution in [3.63, 3.8) is 0 Å². The van der Waals surface area contributed by atoms with Gasteiger partial charge in [-0.1, -0.05) is 13.0 Å². The Morgan fingerprint density at radius 2 is 1.56 bits per heavy atom. The van der Waals surface area contributed by atoms with E-state index < -0.39 is 10.0 Å². The lowest BCUT2D eigenvalue weighted by atomic mass is 9.97. The van der Waals surface area contributed by atoms with E-state index in [1.54, 1.807) is 5.38 Å². The van der Waals surface area contributed by atoms with Crippen LogP contribution < -0.4 is 5.32 Å². The van der Waals surface area contributed by atoms with Crippen molar-refractivity contribution >= 4 is 38.9 Å². The lowest BCUT2D eigenvalue weighted by Crippen LogP contribution is -2.41. The van der Waals surface area contributed by atoms with Crippen molar-refractivity contribution in [3.8, 4) is 0 Å². The molecule has 0 spiro atoms. The molecule has 3 heterocycles. The van der Waals surface area contributed by atoms with E-state index in [1.165, 1.54) is 10.4 Å². The van der Waals surface area contributed by atoms with Crippen molar-refractivity contribution in [2.24, 2.45) is 11.8 Å². The molecule has 0 aliphatic carbocycles. The van der Waals surface area contributed by atoms with Gasteiger partial charge in [-0.05, 0) is 74.8 Å². The Labute approximate surface area is 206 Å². The summed E-state index contributed by atoms with van der Waals surface area (Å²) in [6.07, 6.45) is 2.90. The summed E-state index contributed by atoms with van der Waals surface area (Å²) in [5.74, 6) is 0.232. The second-order valence-electron chi connectivity index (χ2n) is 9.67. The lowest BCUT2D eigenvalue weighted by Gasteiger charge is -2.30. The van der Waals surface area contributed by atoms with Gasteiger partial charge in [-0.2, -0.15) is 4.31 Å². The first kappa shape index (κ1) is 24.9. The number of nitrogens with zero attached hydrogens (tertiary/aromatic N) is 2. The second kappa shape index (κ2) is 10.2. The zero-order valence-corrected chi connectivity index (χ0v) is 21.7. The van der Waals surface area contributed by atoms with Crippen LogP contribution in [0.15, 0.2) is 33.9 Å². The third-order valence-corrected chi connectivity index (χ3v) is 10.1. The van der Waals surface area contributed by atoms with Gasteiger partial charge >= 0.3 is 0 Å². The van der Waals surface area contributed by atoms with Crippen LogP contribution in [0.25, 0.3) is 0 Å². The summed E-state index contributed by atoms with van der Waals surface area (Å²) >= 11 is 1.10. The Bertz CT molecular complexity index is 1140. The first-order valence-corrected chi connectivity index (χ1v) is 14.2. The molecule has 1 aromatic heterocycles. The van der Waals surface area contributed by atoms with Gasteiger partial charge in [0.05, 0.1) is 5.56 Å². The van der Waals surface area contributed by atoms with Crippen LogP contribution in [0.1, 0.15) is 54.1 Å². The quantitative estimate of drug-likeness (QED) is 0.660. The van der Waals surface area contributed by atoms with Gasteiger partial charge in [-0.25, -0.2) is 8.42 Å². The second-order valence-corrected chi connectivity index (χ2v) is 12.7. The Morgan fingerprint density at radius 3 is 2.18 bits per heavy atom. The van der Waals surface area contributed by atoms with E-state index >= 15 is 0 Å². The summed E-state index contributed by atoms with van der Waals surface area (Å²) in [4.78, 5) is 27.4. The summed E-state index contributed by atoms with van der Waals surface area (Å²) in [5.41, 5.74) is 3.39. The van der Waals surface area contributed by atoms with Crippen molar-refractivity contribution in [2.45, 2.75) is 50.7 Å². The minimum absolute atomic E-state index is 0.0677. The highest BCUT2D eigenvalue weighted by Gasteiger charge is 2.34. The van der Waals surface area contributed by atoms with Crippen molar-refractivity contribution < 1.29 is 18.0 Å². The molecule has 2 aliphatic rings. The van der Waals surface area contributed by atoms with Gasteiger partial charge in [0, 0.05) is 43.2 Å². The number of likely N-dealkylation sites (tertiary alicyclic amines) is 1. The first-order valence-electron chi connectivity index (χ1n) is 11.9. The molecule has 1 N–H and O–H groups in total. The lowest BCUT2D eigenvalue weighted by molar-refractivity contribution is -0.120. The number of thiophene rings is 1. The van der Waals surface area contributed by atoms with Crippen LogP contribution in [0.2, 0.25) is 0 Å². The van der Waals surface area contributed by atoms with Gasteiger partial charge in [0.25, 0.3) is 15.9 Å². The predicted octanol–water partition coefficient (Wildman–Crippen LogP) is 4.28. The molecule has 0 radical (unpaired) electrons. The third-order valence-electron chi connectivity index (χ3n) is 6.80. The molecule has 1 aromatic carbocycles. The van der Waals surface area contributed by atoms with E-state index in [4.69, 9.17) is 0 Å². The number of carbonyl (C=O) groups is 2. The number of sulfonamides is 1. The van der Waals surface area contributed by atoms with Gasteiger partial charge < -0.3 is 10.2 Å². The number of rotatable bonds is 5. The molecule has 0 bridgehead atoms. The number of nitrogens with one attached hydrogen (secondary N) is 1. The highest BCUT2D eigenvalue weighted by Crippen LogP contribution is 2.30. The number of amides is 2. The third kappa shape index (κ3) is 5.53. The average Bonchev–Trinajstić information content (AvgIpc) is 3.30. The van der Waals surface area contributed by atoms with Gasteiger partial charge in [0.2, 0.25) is 5.91 Å². The number of anilines is 1. The van der Waals surface area contributed by atoms with E-state index in [-0.39, 0.29) is 21.9 Å². The van der Waals surface area contributed by atoms with Crippen molar-refractivity contribution in [3.05, 3.63) is 46.3 Å². The van der Waals surface area contributed by atoms with E-state index in [1.807, 2.05) is 30.9 Å². The topological polar surface area (TPSA) is 86.8 Å². The maximum absolute atomic E-state index is 13.2. The molecule has 2 aliphatic heterocycles. The highest BCUT2D eigenvalue weighted by molar-refractivity contribution is 7.91. The molecule has 4 rings (SSSR count). The SMILES string of the molecule is Cc1cc(C)cc(NC(=O)C2CCN(S(=O)(=O)c3cc(C(=O)N4CCC(C)CC4)cs3)CC2)c1. The van der Waals surface area contributed by atoms with Gasteiger partial charge in [0.1, 0.15) is 4.21 Å². The fourth-order valence-corrected chi connectivity index (χ4v) is 7.51. The summed E-state index contributed by atoms with van der Waals surface area (Å²) in [7, 11) is -3.68. The molecule has 2 fully saturated rings. The molecule has 2 amide bonds. The average molecular weight is 504 g/mol. The molecular weight excluding hydrogens is 470 g/mol. The predicted molar refractivity (Wildman–Crippen MR) is 135 cm³/mol. The Morgan fingerprint density at radius 1 is 0.941 bits per heavy atom. The van der Waals surface area contributed by atoms with Crippen molar-refractivity contribution in [1.29, 1.82) is 0 Å². The highest BCUT2D eigenvalue weighted by atomic mass is 32.2. The molecule has 0 atom stereocenters. The Hall–Kier alpha value is -2.23. The van der Waals surface area contributed by atoms with Gasteiger partial charge in [-0.15, -0.1) is 11.3 Å². The minimum Gasteiger partial charge on any atom is -0.339 e. The summed E-state index contributed by atoms with van der Waals surface area (Å²) in [6, 6.07) is 7.43. The van der Waals surface area contributed by atoms with Gasteiger partial charge in [-0.3, -0.25) is 9.59 Å². The van der Waals surface area contributed by atoms with Crippen LogP contribution in [-0.4, -0.2) is 55.6 Å². The Balaban J connectivity index is 1.35. The number of piperidine rings is 2. The molecule has 9 heteroatoms. The van der Waals surface area contributed by atoms with Crippen molar-refractivity contribution in [1.82, 2.24) is 9.21 Å². The molecule has 7 nitrogen and oxygen atoms in total. The normalized spacial score (nSPS) is 18.7. The standard InChI is InChI=1S/C25H33N3O4S2/c1-17-4-8-27(9-5-17)25(30)21-15-23(33-16-21)34(31,32)28-10-6-20(7-11-28)24(29)26-22-13-18(2)12-19(3)14-22/h12-17,20H,4-11H2,1-3H3,(H,26,29). The number of hydrogen-bond donors (Lipinski definition) is 1. The molecule has 184 valence electrons. The van der Waals surface area contributed by atoms with Crippen LogP contribution in [0.3, 0.4) is 0 Å². The molecule has 0 unspecified atom stereocenters. The molecule has 34 heavy (non-hydrogen) atoms. The molecular formula is C25H33N3O4S2. The summed E-state index contributed by atoms with van der Waals surface area (Å²) < 4.78 is 28.0. The largest absolute Gasteiger partial charge is 0.339 e. The van der Waals surface area contributed by atoms with Crippen LogP contribution in [0.4, 0.5) is 5.69 Å². The zero-order valence-electron chi connectivity index (χ0n) is 20.0. The van der Waals surface area contributed by atoms with E-state index in [2.05, 4.69) is 18.3 Å². The van der Waals surface area contributed by atoms with E-state index in [0.717, 1.165) is 54.1 Å². The van der Waals surface area contributed by atoms with Crippen LogP contribution in [0.5, 0.6) is 0 Å². The van der Waals surface area contributed by atoms with Crippen LogP contribution in [-0.2, 0) is 14.8 Å².